The van der Waals surface area contributed by atoms with Crippen LogP contribution in [0.4, 0.5) is 16.2 Å². The molecular formula is C19H23N3O. The Hall–Kier alpha value is -2.49. The maximum absolute atomic E-state index is 12.0. The van der Waals surface area contributed by atoms with Gasteiger partial charge in [0.1, 0.15) is 0 Å². The average molecular weight is 309 g/mol. The third kappa shape index (κ3) is 3.83. The van der Waals surface area contributed by atoms with E-state index >= 15 is 0 Å². The molecule has 0 spiro atoms. The highest BCUT2D eigenvalue weighted by Gasteiger charge is 2.15. The van der Waals surface area contributed by atoms with Gasteiger partial charge in [0.2, 0.25) is 0 Å². The Morgan fingerprint density at radius 1 is 1.13 bits per heavy atom. The number of hydrogen-bond donors (Lipinski definition) is 2. The van der Waals surface area contributed by atoms with Gasteiger partial charge in [0.05, 0.1) is 0 Å². The van der Waals surface area contributed by atoms with Crippen LogP contribution in [-0.4, -0.2) is 25.7 Å². The van der Waals surface area contributed by atoms with Crippen LogP contribution in [0.15, 0.2) is 48.5 Å². The normalized spacial score (nSPS) is 13.3. The molecule has 0 bridgehead atoms. The van der Waals surface area contributed by atoms with Crippen molar-refractivity contribution in [2.24, 2.45) is 0 Å². The van der Waals surface area contributed by atoms with Crippen LogP contribution in [0, 0.1) is 6.92 Å². The van der Waals surface area contributed by atoms with E-state index in [-0.39, 0.29) is 6.03 Å². The fourth-order valence-electron chi connectivity index (χ4n) is 3.03. The Kier molecular flexibility index (Phi) is 4.81. The van der Waals surface area contributed by atoms with Crippen molar-refractivity contribution in [2.45, 2.75) is 19.8 Å². The molecule has 0 radical (unpaired) electrons. The number of para-hydroxylation sites is 2. The van der Waals surface area contributed by atoms with Crippen molar-refractivity contribution in [3.63, 3.8) is 0 Å². The summed E-state index contributed by atoms with van der Waals surface area (Å²) in [6, 6.07) is 16.2. The zero-order valence-electron chi connectivity index (χ0n) is 13.5. The molecule has 4 heteroatoms. The van der Waals surface area contributed by atoms with Crippen molar-refractivity contribution < 1.29 is 4.79 Å². The average Bonchev–Trinajstić information content (AvgIpc) is 2.57. The standard InChI is InChI=1S/C19H23N3O/c1-15-7-2-4-10-17(15)21-19(23)20-12-14-22-13-6-9-16-8-3-5-11-18(16)22/h2-5,7-8,10-11H,6,9,12-14H2,1H3,(H2,20,21,23). The first-order valence-electron chi connectivity index (χ1n) is 8.17. The maximum atomic E-state index is 12.0. The minimum absolute atomic E-state index is 0.149. The molecule has 1 heterocycles. The van der Waals surface area contributed by atoms with Crippen LogP contribution in [0.5, 0.6) is 0 Å². The van der Waals surface area contributed by atoms with E-state index in [9.17, 15) is 4.79 Å². The van der Waals surface area contributed by atoms with E-state index in [0.717, 1.165) is 30.8 Å². The molecule has 0 atom stereocenters. The molecule has 1 aliphatic heterocycles. The highest BCUT2D eigenvalue weighted by Crippen LogP contribution is 2.25. The highest BCUT2D eigenvalue weighted by molar-refractivity contribution is 5.90. The molecule has 0 aromatic heterocycles. The van der Waals surface area contributed by atoms with Gasteiger partial charge in [-0.05, 0) is 43.0 Å². The van der Waals surface area contributed by atoms with Gasteiger partial charge in [-0.15, -0.1) is 0 Å². The van der Waals surface area contributed by atoms with Gasteiger partial charge in [-0.1, -0.05) is 36.4 Å². The van der Waals surface area contributed by atoms with Gasteiger partial charge < -0.3 is 15.5 Å². The number of nitrogens with zero attached hydrogens (tertiary/aromatic N) is 1. The number of carbonyl (C=O) groups excluding carboxylic acids is 1. The van der Waals surface area contributed by atoms with Gasteiger partial charge in [-0.2, -0.15) is 0 Å². The van der Waals surface area contributed by atoms with E-state index in [2.05, 4.69) is 39.8 Å². The fraction of sp³-hybridized carbons (Fsp3) is 0.316. The van der Waals surface area contributed by atoms with Crippen LogP contribution < -0.4 is 15.5 Å². The van der Waals surface area contributed by atoms with E-state index in [1.165, 1.54) is 17.7 Å². The van der Waals surface area contributed by atoms with Crippen LogP contribution >= 0.6 is 0 Å². The second kappa shape index (κ2) is 7.18. The van der Waals surface area contributed by atoms with Crippen LogP contribution in [-0.2, 0) is 6.42 Å². The predicted molar refractivity (Wildman–Crippen MR) is 95.2 cm³/mol. The highest BCUT2D eigenvalue weighted by atomic mass is 16.2. The number of nitrogens with one attached hydrogen (secondary N) is 2. The van der Waals surface area contributed by atoms with Crippen molar-refractivity contribution in [1.29, 1.82) is 0 Å². The summed E-state index contributed by atoms with van der Waals surface area (Å²) >= 11 is 0. The second-order valence-corrected chi connectivity index (χ2v) is 5.92. The van der Waals surface area contributed by atoms with Crippen molar-refractivity contribution >= 4 is 17.4 Å². The topological polar surface area (TPSA) is 44.4 Å². The van der Waals surface area contributed by atoms with Gasteiger partial charge in [0, 0.05) is 31.0 Å². The first-order valence-corrected chi connectivity index (χ1v) is 8.17. The third-order valence-electron chi connectivity index (χ3n) is 4.27. The monoisotopic (exact) mass is 309 g/mol. The zero-order chi connectivity index (χ0) is 16.1. The number of urea groups is 1. The number of fused-ring (bicyclic) bond motifs is 1. The van der Waals surface area contributed by atoms with Gasteiger partial charge in [-0.25, -0.2) is 4.79 Å². The second-order valence-electron chi connectivity index (χ2n) is 5.92. The van der Waals surface area contributed by atoms with Gasteiger partial charge in [0.25, 0.3) is 0 Å². The molecule has 2 amide bonds. The molecule has 4 nitrogen and oxygen atoms in total. The number of anilines is 2. The van der Waals surface area contributed by atoms with E-state index in [1.807, 2.05) is 31.2 Å². The molecule has 2 aromatic rings. The Bertz CT molecular complexity index is 684. The van der Waals surface area contributed by atoms with Gasteiger partial charge in [-0.3, -0.25) is 0 Å². The Morgan fingerprint density at radius 3 is 2.78 bits per heavy atom. The summed E-state index contributed by atoms with van der Waals surface area (Å²) in [6.07, 6.45) is 2.32. The molecule has 2 N–H and O–H groups in total. The molecule has 0 fully saturated rings. The lowest BCUT2D eigenvalue weighted by atomic mass is 10.0. The summed E-state index contributed by atoms with van der Waals surface area (Å²) < 4.78 is 0. The van der Waals surface area contributed by atoms with Crippen molar-refractivity contribution in [3.8, 4) is 0 Å². The predicted octanol–water partition coefficient (Wildman–Crippen LogP) is 3.57. The molecule has 0 saturated heterocycles. The van der Waals surface area contributed by atoms with Crippen LogP contribution in [0.1, 0.15) is 17.5 Å². The maximum Gasteiger partial charge on any atom is 0.319 e. The van der Waals surface area contributed by atoms with E-state index < -0.39 is 0 Å². The molecule has 23 heavy (non-hydrogen) atoms. The summed E-state index contributed by atoms with van der Waals surface area (Å²) in [4.78, 5) is 14.4. The summed E-state index contributed by atoms with van der Waals surface area (Å²) in [5.41, 5.74) is 4.63. The van der Waals surface area contributed by atoms with E-state index in [1.54, 1.807) is 0 Å². The molecule has 120 valence electrons. The van der Waals surface area contributed by atoms with Crippen molar-refractivity contribution in [2.75, 3.05) is 29.9 Å². The third-order valence-corrected chi connectivity index (χ3v) is 4.27. The zero-order valence-corrected chi connectivity index (χ0v) is 13.5. The number of aryl methyl sites for hydroxylation is 2. The number of amides is 2. The summed E-state index contributed by atoms with van der Waals surface area (Å²) in [7, 11) is 0. The quantitative estimate of drug-likeness (QED) is 0.907. The van der Waals surface area contributed by atoms with Crippen molar-refractivity contribution in [1.82, 2.24) is 5.32 Å². The molecular weight excluding hydrogens is 286 g/mol. The molecule has 0 aliphatic carbocycles. The smallest absolute Gasteiger partial charge is 0.319 e. The Balaban J connectivity index is 1.50. The SMILES string of the molecule is Cc1ccccc1NC(=O)NCCN1CCCc2ccccc21. The number of benzene rings is 2. The minimum atomic E-state index is -0.149. The number of rotatable bonds is 4. The van der Waals surface area contributed by atoms with Crippen molar-refractivity contribution in [3.05, 3.63) is 59.7 Å². The Morgan fingerprint density at radius 2 is 1.91 bits per heavy atom. The lowest BCUT2D eigenvalue weighted by molar-refractivity contribution is 0.252. The lowest BCUT2D eigenvalue weighted by Crippen LogP contribution is -2.39. The number of carbonyl (C=O) groups is 1. The Labute approximate surface area is 137 Å². The molecule has 1 aliphatic rings. The summed E-state index contributed by atoms with van der Waals surface area (Å²) in [5.74, 6) is 0. The summed E-state index contributed by atoms with van der Waals surface area (Å²) in [6.45, 7) is 4.50. The lowest BCUT2D eigenvalue weighted by Gasteiger charge is -2.31. The molecule has 3 rings (SSSR count). The van der Waals surface area contributed by atoms with Crippen LogP contribution in [0.25, 0.3) is 0 Å². The first kappa shape index (κ1) is 15.4. The molecule has 0 unspecified atom stereocenters. The number of hydrogen-bond acceptors (Lipinski definition) is 2. The van der Waals surface area contributed by atoms with E-state index in [4.69, 9.17) is 0 Å². The van der Waals surface area contributed by atoms with E-state index in [0.29, 0.717) is 6.54 Å². The fourth-order valence-corrected chi connectivity index (χ4v) is 3.03. The van der Waals surface area contributed by atoms with Crippen LogP contribution in [0.2, 0.25) is 0 Å². The van der Waals surface area contributed by atoms with Gasteiger partial charge in [0.15, 0.2) is 0 Å². The van der Waals surface area contributed by atoms with Gasteiger partial charge >= 0.3 is 6.03 Å². The first-order chi connectivity index (χ1) is 11.2. The van der Waals surface area contributed by atoms with Crippen LogP contribution in [0.3, 0.4) is 0 Å². The molecule has 0 saturated carbocycles. The minimum Gasteiger partial charge on any atom is -0.370 e. The largest absolute Gasteiger partial charge is 0.370 e. The molecule has 2 aromatic carbocycles. The summed E-state index contributed by atoms with van der Waals surface area (Å²) in [5, 5.41) is 5.84.